The summed E-state index contributed by atoms with van der Waals surface area (Å²) in [7, 11) is 0. The number of quaternary nitrogens is 1. The largest absolute Gasteiger partial charge is 0.508 e. The molecule has 1 spiro atoms. The van der Waals surface area contributed by atoms with E-state index in [0.717, 1.165) is 80.4 Å². The number of hydrogen-bond acceptors (Lipinski definition) is 5. The normalized spacial score (nSPS) is 33.1. The van der Waals surface area contributed by atoms with Crippen molar-refractivity contribution in [3.05, 3.63) is 100 Å². The molecule has 7 nitrogen and oxygen atoms in total. The minimum absolute atomic E-state index is 0.177. The van der Waals surface area contributed by atoms with Crippen LogP contribution in [0.3, 0.4) is 0 Å². The van der Waals surface area contributed by atoms with Crippen LogP contribution in [0.2, 0.25) is 0 Å². The molecule has 1 saturated carbocycles. The maximum atomic E-state index is 14.5. The van der Waals surface area contributed by atoms with Crippen molar-refractivity contribution in [2.45, 2.75) is 89.4 Å². The van der Waals surface area contributed by atoms with Crippen LogP contribution in [0.25, 0.3) is 6.08 Å². The van der Waals surface area contributed by atoms with Gasteiger partial charge in [0.15, 0.2) is 0 Å². The average molecular weight is 692 g/mol. The second kappa shape index (κ2) is 12.7. The third-order valence-electron chi connectivity index (χ3n) is 11.9. The van der Waals surface area contributed by atoms with Gasteiger partial charge in [0.1, 0.15) is 17.4 Å². The molecule has 266 valence electrons. The summed E-state index contributed by atoms with van der Waals surface area (Å²) in [6.45, 7) is 8.50. The third kappa shape index (κ3) is 5.78. The molecule has 0 radical (unpaired) electrons. The predicted octanol–water partition coefficient (Wildman–Crippen LogP) is 7.21. The molecule has 1 amide bonds. The van der Waals surface area contributed by atoms with E-state index in [1.807, 2.05) is 6.07 Å². The maximum absolute atomic E-state index is 14.5. The number of ether oxygens (including phenoxy) is 2. The van der Waals surface area contributed by atoms with E-state index in [0.29, 0.717) is 12.3 Å². The highest BCUT2D eigenvalue weighted by Gasteiger charge is 2.72. The lowest BCUT2D eigenvalue weighted by Gasteiger charge is -2.63. The van der Waals surface area contributed by atoms with Crippen LogP contribution in [0.1, 0.15) is 64.0 Å². The van der Waals surface area contributed by atoms with E-state index in [1.54, 1.807) is 18.2 Å². The van der Waals surface area contributed by atoms with Crippen molar-refractivity contribution in [3.63, 3.8) is 0 Å². The van der Waals surface area contributed by atoms with Crippen LogP contribution in [0.15, 0.2) is 89.2 Å². The Bertz CT molecular complexity index is 1740. The van der Waals surface area contributed by atoms with Crippen LogP contribution >= 0.6 is 0 Å². The van der Waals surface area contributed by atoms with Crippen LogP contribution < -0.4 is 5.32 Å². The van der Waals surface area contributed by atoms with Crippen molar-refractivity contribution in [2.75, 3.05) is 19.6 Å². The molecule has 2 aromatic carbocycles. The zero-order chi connectivity index (χ0) is 35.5. The molecule has 2 N–H and O–H groups in total. The Labute approximate surface area is 291 Å². The molecule has 3 aliphatic carbocycles. The Morgan fingerprint density at radius 2 is 1.80 bits per heavy atom. The molecule has 3 unspecified atom stereocenters. The lowest BCUT2D eigenvalue weighted by molar-refractivity contribution is -0.965. The fraction of sp³-hybridized carbons (Fsp3) is 0.500. The summed E-state index contributed by atoms with van der Waals surface area (Å²) in [6.07, 6.45) is 0.491. The topological polar surface area (TPSA) is 84.9 Å². The summed E-state index contributed by atoms with van der Waals surface area (Å²) in [5.74, 6) is -1.83. The Hall–Kier alpha value is -3.89. The molecule has 2 heterocycles. The molecule has 7 rings (SSSR count). The number of hydrogen-bond donors (Lipinski definition) is 2. The number of alkyl halides is 3. The third-order valence-corrected chi connectivity index (χ3v) is 11.9. The maximum Gasteiger partial charge on any atom is 0.421 e. The van der Waals surface area contributed by atoms with E-state index >= 15 is 0 Å². The molecular formula is C40H46F3N2O5+. The second-order valence-corrected chi connectivity index (χ2v) is 15.3. The van der Waals surface area contributed by atoms with E-state index in [-0.39, 0.29) is 29.4 Å². The zero-order valence-electron chi connectivity index (χ0n) is 28.8. The fourth-order valence-corrected chi connectivity index (χ4v) is 10.3. The number of carbonyl (C=O) groups excluding carboxylic acids is 2. The fourth-order valence-electron chi connectivity index (χ4n) is 10.3. The van der Waals surface area contributed by atoms with E-state index in [2.05, 4.69) is 43.4 Å². The molecule has 0 aromatic heterocycles. The molecule has 2 aromatic rings. The molecule has 2 aliphatic heterocycles. The number of esters is 1. The van der Waals surface area contributed by atoms with E-state index < -0.39 is 40.9 Å². The molecule has 5 aliphatic rings. The molecule has 50 heavy (non-hydrogen) atoms. The SMILES string of the molecule is CC(=O)OC1(NC(=O)C(=Cc2ccccc2)C(F)(F)F)C=C(O)C2=C3C1O[C@H]1CCC[C@H]4[C@@H](C2)[N+](CCc2ccccc2)(CC(C)C)CC[C@]314. The van der Waals surface area contributed by atoms with Crippen molar-refractivity contribution < 1.29 is 41.8 Å². The minimum atomic E-state index is -5.02. The Morgan fingerprint density at radius 1 is 1.10 bits per heavy atom. The van der Waals surface area contributed by atoms with Crippen LogP contribution in [0.4, 0.5) is 13.2 Å². The van der Waals surface area contributed by atoms with Gasteiger partial charge in [-0.2, -0.15) is 13.2 Å². The Morgan fingerprint density at radius 3 is 2.46 bits per heavy atom. The molecular weight excluding hydrogens is 645 g/mol. The number of aliphatic hydroxyl groups is 1. The van der Waals surface area contributed by atoms with Crippen LogP contribution in [-0.4, -0.2) is 71.3 Å². The van der Waals surface area contributed by atoms with E-state index in [1.165, 1.54) is 23.8 Å². The highest BCUT2D eigenvalue weighted by molar-refractivity contribution is 6.00. The Balaban J connectivity index is 1.30. The van der Waals surface area contributed by atoms with Gasteiger partial charge in [0, 0.05) is 55.1 Å². The number of nitrogens with zero attached hydrogens (tertiary/aromatic N) is 1. The standard InChI is InChI=1S/C40H45F3N2O5/c1-25(2)24-45(19-17-27-11-6-4-7-12-27)20-18-38-30-15-10-16-34(38)49-36-35(38)29(22-32(30)45)33(47)23-39(36,50-26(3)46)44-37(48)31(40(41,42)43)21-28-13-8-5-9-14-28/h4-9,11-14,21,23,25,30,32,34,36H,10,15-20,22,24H2,1-3H3,(H-,44,47,48)/p+1/t30-,32+,34-,36?,38+,39?,45?/m0/s1. The zero-order valence-corrected chi connectivity index (χ0v) is 28.8. The molecule has 7 atom stereocenters. The number of likely N-dealkylation sites (tertiary alicyclic amines) is 1. The van der Waals surface area contributed by atoms with Crippen molar-refractivity contribution in [1.29, 1.82) is 0 Å². The highest BCUT2D eigenvalue weighted by Crippen LogP contribution is 2.68. The van der Waals surface area contributed by atoms with Crippen molar-refractivity contribution in [1.82, 2.24) is 5.32 Å². The second-order valence-electron chi connectivity index (χ2n) is 15.3. The number of benzene rings is 2. The summed E-state index contributed by atoms with van der Waals surface area (Å²) in [5, 5.41) is 14.3. The minimum Gasteiger partial charge on any atom is -0.508 e. The van der Waals surface area contributed by atoms with E-state index in [9.17, 15) is 27.9 Å². The van der Waals surface area contributed by atoms with Crippen molar-refractivity contribution >= 4 is 18.0 Å². The average Bonchev–Trinajstić information content (AvgIpc) is 3.40. The first kappa shape index (κ1) is 34.6. The monoisotopic (exact) mass is 691 g/mol. The van der Waals surface area contributed by atoms with E-state index in [4.69, 9.17) is 9.47 Å². The predicted molar refractivity (Wildman–Crippen MR) is 182 cm³/mol. The molecule has 2 bridgehead atoms. The first-order chi connectivity index (χ1) is 23.8. The summed E-state index contributed by atoms with van der Waals surface area (Å²) in [6, 6.07) is 18.5. The summed E-state index contributed by atoms with van der Waals surface area (Å²) in [4.78, 5) is 26.5. The summed E-state index contributed by atoms with van der Waals surface area (Å²) >= 11 is 0. The van der Waals surface area contributed by atoms with Crippen molar-refractivity contribution in [2.24, 2.45) is 17.3 Å². The van der Waals surface area contributed by atoms with Gasteiger partial charge in [-0.05, 0) is 35.6 Å². The van der Waals surface area contributed by atoms with Crippen molar-refractivity contribution in [3.8, 4) is 0 Å². The lowest BCUT2D eigenvalue weighted by atomic mass is 9.49. The number of rotatable bonds is 9. The first-order valence-electron chi connectivity index (χ1n) is 17.8. The van der Waals surface area contributed by atoms with Gasteiger partial charge in [0.25, 0.3) is 5.91 Å². The van der Waals surface area contributed by atoms with Gasteiger partial charge < -0.3 is 24.4 Å². The van der Waals surface area contributed by atoms with Gasteiger partial charge in [-0.15, -0.1) is 0 Å². The number of nitrogens with one attached hydrogen (secondary N) is 1. The van der Waals surface area contributed by atoms with Gasteiger partial charge in [-0.1, -0.05) is 80.9 Å². The smallest absolute Gasteiger partial charge is 0.421 e. The van der Waals surface area contributed by atoms with Crippen LogP contribution in [0, 0.1) is 17.3 Å². The highest BCUT2D eigenvalue weighted by atomic mass is 19.4. The summed E-state index contributed by atoms with van der Waals surface area (Å²) < 4.78 is 57.0. The van der Waals surface area contributed by atoms with Gasteiger partial charge in [-0.3, -0.25) is 9.59 Å². The van der Waals surface area contributed by atoms with Crippen LogP contribution in [0.5, 0.6) is 0 Å². The van der Waals surface area contributed by atoms with Gasteiger partial charge in [0.05, 0.1) is 31.8 Å². The van der Waals surface area contributed by atoms with Gasteiger partial charge in [-0.25, -0.2) is 0 Å². The van der Waals surface area contributed by atoms with Crippen LogP contribution in [-0.2, 0) is 25.5 Å². The number of aliphatic hydroxyl groups excluding tert-OH is 1. The first-order valence-corrected chi connectivity index (χ1v) is 17.8. The molecule has 10 heteroatoms. The number of allylic oxidation sites excluding steroid dienone is 1. The molecule has 2 saturated heterocycles. The number of carbonyl (C=O) groups is 2. The summed E-state index contributed by atoms with van der Waals surface area (Å²) in [5.41, 5.74) is -1.13. The quantitative estimate of drug-likeness (QED) is 0.126. The molecule has 3 fully saturated rings. The number of amides is 1. The number of piperidine rings is 1. The number of halogens is 3. The Kier molecular flexibility index (Phi) is 8.78. The lowest BCUT2D eigenvalue weighted by Crippen LogP contribution is -2.71. The van der Waals surface area contributed by atoms with Gasteiger partial charge in [0.2, 0.25) is 5.72 Å². The van der Waals surface area contributed by atoms with Gasteiger partial charge >= 0.3 is 12.1 Å².